The highest BCUT2D eigenvalue weighted by Gasteiger charge is 2.14. The van der Waals surface area contributed by atoms with Gasteiger partial charge in [-0.1, -0.05) is 13.3 Å². The first-order valence-electron chi connectivity index (χ1n) is 6.41. The number of hydrogen-bond donors (Lipinski definition) is 2. The standard InChI is InChI=1S/C13H21N3O3/c1-9(13(18)19)5-4-6-10(2)15-12(17)11-7-14-8-16(11)3/h7-10H,4-6H2,1-3H3,(H,15,17)(H,18,19). The van der Waals surface area contributed by atoms with E-state index in [4.69, 9.17) is 5.11 Å². The zero-order valence-electron chi connectivity index (χ0n) is 11.6. The molecule has 1 heterocycles. The van der Waals surface area contributed by atoms with E-state index >= 15 is 0 Å². The molecule has 0 spiro atoms. The molecule has 1 rings (SSSR count). The Morgan fingerprint density at radius 3 is 2.63 bits per heavy atom. The monoisotopic (exact) mass is 267 g/mol. The molecule has 0 saturated carbocycles. The summed E-state index contributed by atoms with van der Waals surface area (Å²) in [6.07, 6.45) is 5.27. The van der Waals surface area contributed by atoms with Crippen molar-refractivity contribution in [3.05, 3.63) is 18.2 Å². The highest BCUT2D eigenvalue weighted by molar-refractivity contribution is 5.92. The topological polar surface area (TPSA) is 84.2 Å². The molecule has 6 heteroatoms. The molecule has 0 aliphatic heterocycles. The second-order valence-electron chi connectivity index (χ2n) is 4.93. The van der Waals surface area contributed by atoms with Crippen LogP contribution >= 0.6 is 0 Å². The lowest BCUT2D eigenvalue weighted by atomic mass is 10.0. The molecule has 1 amide bonds. The van der Waals surface area contributed by atoms with Crippen molar-refractivity contribution in [1.82, 2.24) is 14.9 Å². The van der Waals surface area contributed by atoms with Gasteiger partial charge >= 0.3 is 5.97 Å². The van der Waals surface area contributed by atoms with Crippen LogP contribution < -0.4 is 5.32 Å². The summed E-state index contributed by atoms with van der Waals surface area (Å²) in [5.74, 6) is -1.26. The molecule has 1 aromatic heterocycles. The number of nitrogens with zero attached hydrogens (tertiary/aromatic N) is 2. The van der Waals surface area contributed by atoms with Crippen molar-refractivity contribution in [2.24, 2.45) is 13.0 Å². The molecule has 0 bridgehead atoms. The van der Waals surface area contributed by atoms with E-state index in [0.717, 1.165) is 12.8 Å². The molecule has 6 nitrogen and oxygen atoms in total. The fourth-order valence-corrected chi connectivity index (χ4v) is 1.80. The number of rotatable bonds is 7. The van der Waals surface area contributed by atoms with Crippen molar-refractivity contribution in [2.45, 2.75) is 39.2 Å². The minimum atomic E-state index is -0.772. The summed E-state index contributed by atoms with van der Waals surface area (Å²) < 4.78 is 1.66. The maximum absolute atomic E-state index is 11.9. The predicted molar refractivity (Wildman–Crippen MR) is 70.8 cm³/mol. The van der Waals surface area contributed by atoms with Gasteiger partial charge in [0.05, 0.1) is 18.4 Å². The van der Waals surface area contributed by atoms with Gasteiger partial charge in [-0.2, -0.15) is 0 Å². The second-order valence-corrected chi connectivity index (χ2v) is 4.93. The fourth-order valence-electron chi connectivity index (χ4n) is 1.80. The summed E-state index contributed by atoms with van der Waals surface area (Å²) in [4.78, 5) is 26.4. The van der Waals surface area contributed by atoms with Crippen LogP contribution in [0.4, 0.5) is 0 Å². The Labute approximate surface area is 112 Å². The lowest BCUT2D eigenvalue weighted by Gasteiger charge is -2.14. The SMILES string of the molecule is CC(CCCC(C)C(=O)O)NC(=O)c1cncn1C. The van der Waals surface area contributed by atoms with Crippen LogP contribution in [0.2, 0.25) is 0 Å². The largest absolute Gasteiger partial charge is 0.481 e. The van der Waals surface area contributed by atoms with Crippen LogP contribution in [0.15, 0.2) is 12.5 Å². The van der Waals surface area contributed by atoms with Crippen molar-refractivity contribution in [3.63, 3.8) is 0 Å². The lowest BCUT2D eigenvalue weighted by molar-refractivity contribution is -0.141. The van der Waals surface area contributed by atoms with E-state index in [1.165, 1.54) is 6.20 Å². The molecule has 0 saturated heterocycles. The first-order chi connectivity index (χ1) is 8.91. The fraction of sp³-hybridized carbons (Fsp3) is 0.615. The Balaban J connectivity index is 2.32. The molecular weight excluding hydrogens is 246 g/mol. The number of carboxylic acid groups (broad SMARTS) is 1. The maximum Gasteiger partial charge on any atom is 0.306 e. The Morgan fingerprint density at radius 2 is 2.11 bits per heavy atom. The number of hydrogen-bond acceptors (Lipinski definition) is 3. The molecule has 0 aromatic carbocycles. The Bertz CT molecular complexity index is 442. The Kier molecular flexibility index (Phi) is 5.54. The van der Waals surface area contributed by atoms with E-state index in [9.17, 15) is 9.59 Å². The number of aryl methyl sites for hydroxylation is 1. The summed E-state index contributed by atoms with van der Waals surface area (Å²) in [7, 11) is 1.76. The number of carboxylic acids is 1. The van der Waals surface area contributed by atoms with Gasteiger partial charge in [0.25, 0.3) is 5.91 Å². The maximum atomic E-state index is 11.9. The molecule has 2 atom stereocenters. The van der Waals surface area contributed by atoms with Crippen LogP contribution in [0.5, 0.6) is 0 Å². The third-order valence-electron chi connectivity index (χ3n) is 3.12. The molecule has 106 valence electrons. The second kappa shape index (κ2) is 6.92. The van der Waals surface area contributed by atoms with E-state index in [1.807, 2.05) is 6.92 Å². The molecule has 0 radical (unpaired) electrons. The summed E-state index contributed by atoms with van der Waals surface area (Å²) >= 11 is 0. The van der Waals surface area contributed by atoms with E-state index in [1.54, 1.807) is 24.9 Å². The number of carbonyl (C=O) groups excluding carboxylic acids is 1. The van der Waals surface area contributed by atoms with Crippen LogP contribution in [-0.2, 0) is 11.8 Å². The molecule has 2 N–H and O–H groups in total. The molecule has 19 heavy (non-hydrogen) atoms. The van der Waals surface area contributed by atoms with Crippen LogP contribution in [-0.4, -0.2) is 32.6 Å². The van der Waals surface area contributed by atoms with Gasteiger partial charge in [-0.05, 0) is 19.8 Å². The number of aromatic nitrogens is 2. The number of aliphatic carboxylic acids is 1. The normalized spacial score (nSPS) is 13.8. The van der Waals surface area contributed by atoms with Gasteiger partial charge in [-0.3, -0.25) is 9.59 Å². The van der Waals surface area contributed by atoms with Crippen molar-refractivity contribution < 1.29 is 14.7 Å². The van der Waals surface area contributed by atoms with Gasteiger partial charge < -0.3 is 15.0 Å². The highest BCUT2D eigenvalue weighted by Crippen LogP contribution is 2.10. The quantitative estimate of drug-likeness (QED) is 0.782. The number of imidazole rings is 1. The van der Waals surface area contributed by atoms with Gasteiger partial charge in [0.2, 0.25) is 0 Å². The zero-order valence-corrected chi connectivity index (χ0v) is 11.6. The highest BCUT2D eigenvalue weighted by atomic mass is 16.4. The molecule has 2 unspecified atom stereocenters. The van der Waals surface area contributed by atoms with Crippen LogP contribution in [0, 0.1) is 5.92 Å². The molecule has 0 aliphatic carbocycles. The zero-order chi connectivity index (χ0) is 14.4. The van der Waals surface area contributed by atoms with Gasteiger partial charge in [0.15, 0.2) is 0 Å². The average Bonchev–Trinajstić information content (AvgIpc) is 2.75. The van der Waals surface area contributed by atoms with Crippen LogP contribution in [0.25, 0.3) is 0 Å². The third kappa shape index (κ3) is 4.73. The average molecular weight is 267 g/mol. The molecular formula is C13H21N3O3. The first kappa shape index (κ1) is 15.2. The van der Waals surface area contributed by atoms with E-state index < -0.39 is 5.97 Å². The Morgan fingerprint density at radius 1 is 1.42 bits per heavy atom. The van der Waals surface area contributed by atoms with E-state index in [-0.39, 0.29) is 17.9 Å². The lowest BCUT2D eigenvalue weighted by Crippen LogP contribution is -2.33. The molecule has 0 fully saturated rings. The van der Waals surface area contributed by atoms with Gasteiger partial charge in [0, 0.05) is 13.1 Å². The third-order valence-corrected chi connectivity index (χ3v) is 3.12. The van der Waals surface area contributed by atoms with Gasteiger partial charge in [-0.15, -0.1) is 0 Å². The van der Waals surface area contributed by atoms with Crippen molar-refractivity contribution in [2.75, 3.05) is 0 Å². The first-order valence-corrected chi connectivity index (χ1v) is 6.41. The van der Waals surface area contributed by atoms with Gasteiger partial charge in [0.1, 0.15) is 5.69 Å². The van der Waals surface area contributed by atoms with Crippen molar-refractivity contribution in [3.8, 4) is 0 Å². The summed E-state index contributed by atoms with van der Waals surface area (Å²) in [6, 6.07) is 0.0170. The van der Waals surface area contributed by atoms with E-state index in [2.05, 4.69) is 10.3 Å². The smallest absolute Gasteiger partial charge is 0.306 e. The van der Waals surface area contributed by atoms with Crippen LogP contribution in [0.3, 0.4) is 0 Å². The number of nitrogens with one attached hydrogen (secondary N) is 1. The van der Waals surface area contributed by atoms with E-state index in [0.29, 0.717) is 12.1 Å². The molecule has 1 aromatic rings. The number of amides is 1. The minimum absolute atomic E-state index is 0.0170. The summed E-state index contributed by atoms with van der Waals surface area (Å²) in [5.41, 5.74) is 0.519. The summed E-state index contributed by atoms with van der Waals surface area (Å²) in [6.45, 7) is 3.61. The Hall–Kier alpha value is -1.85. The van der Waals surface area contributed by atoms with Crippen molar-refractivity contribution in [1.29, 1.82) is 0 Å². The van der Waals surface area contributed by atoms with Crippen molar-refractivity contribution >= 4 is 11.9 Å². The predicted octanol–water partition coefficient (Wildman–Crippen LogP) is 1.43. The summed E-state index contributed by atoms with van der Waals surface area (Å²) in [5, 5.41) is 11.6. The minimum Gasteiger partial charge on any atom is -0.481 e. The number of carbonyl (C=O) groups is 2. The molecule has 0 aliphatic rings. The van der Waals surface area contributed by atoms with Gasteiger partial charge in [-0.25, -0.2) is 4.98 Å². The van der Waals surface area contributed by atoms with Crippen LogP contribution in [0.1, 0.15) is 43.6 Å².